The van der Waals surface area contributed by atoms with Crippen molar-refractivity contribution in [3.8, 4) is 11.3 Å². The molecule has 0 radical (unpaired) electrons. The van der Waals surface area contributed by atoms with Crippen molar-refractivity contribution in [2.45, 2.75) is 13.5 Å². The quantitative estimate of drug-likeness (QED) is 0.800. The number of hydrogen-bond donors (Lipinski definition) is 1. The molecule has 3 rings (SSSR count). The Hall–Kier alpha value is -2.40. The summed E-state index contributed by atoms with van der Waals surface area (Å²) in [6.45, 7) is 2.44. The molecule has 0 unspecified atom stereocenters. The lowest BCUT2D eigenvalue weighted by molar-refractivity contribution is 0.0955. The average molecular weight is 298 g/mol. The van der Waals surface area contributed by atoms with Crippen molar-refractivity contribution < 1.29 is 9.21 Å². The summed E-state index contributed by atoms with van der Waals surface area (Å²) >= 11 is 1.46. The Balaban J connectivity index is 1.62. The van der Waals surface area contributed by atoms with Crippen LogP contribution in [0.1, 0.15) is 20.8 Å². The molecule has 21 heavy (non-hydrogen) atoms. The van der Waals surface area contributed by atoms with Gasteiger partial charge in [0.05, 0.1) is 23.1 Å². The number of aromatic nitrogens is 1. The van der Waals surface area contributed by atoms with Gasteiger partial charge in [0.1, 0.15) is 0 Å². The number of aryl methyl sites for hydroxylation is 1. The number of amides is 1. The number of hydrogen-bond acceptors (Lipinski definition) is 4. The van der Waals surface area contributed by atoms with Crippen LogP contribution in [0, 0.1) is 6.92 Å². The van der Waals surface area contributed by atoms with E-state index in [1.807, 2.05) is 36.6 Å². The van der Waals surface area contributed by atoms with Gasteiger partial charge in [-0.25, -0.2) is 0 Å². The van der Waals surface area contributed by atoms with Gasteiger partial charge in [0.25, 0.3) is 5.91 Å². The number of nitrogens with zero attached hydrogens (tertiary/aromatic N) is 1. The van der Waals surface area contributed by atoms with E-state index in [9.17, 15) is 4.79 Å². The Morgan fingerprint density at radius 2 is 2.29 bits per heavy atom. The standard InChI is InChI=1S/C16H14N2O2S/c1-11-6-15(21-10-11)16(19)18-8-12-2-3-14(17-7-12)13-4-5-20-9-13/h2-7,9-10H,8H2,1H3,(H,18,19). The number of furan rings is 1. The van der Waals surface area contributed by atoms with Crippen LogP contribution in [0.25, 0.3) is 11.3 Å². The minimum Gasteiger partial charge on any atom is -0.472 e. The zero-order chi connectivity index (χ0) is 14.7. The fraction of sp³-hybridized carbons (Fsp3) is 0.125. The molecule has 0 aliphatic carbocycles. The second-order valence-corrected chi connectivity index (χ2v) is 5.65. The molecule has 0 aromatic carbocycles. The molecular formula is C16H14N2O2S. The van der Waals surface area contributed by atoms with Crippen LogP contribution >= 0.6 is 11.3 Å². The van der Waals surface area contributed by atoms with Gasteiger partial charge in [-0.15, -0.1) is 11.3 Å². The highest BCUT2D eigenvalue weighted by molar-refractivity contribution is 7.12. The van der Waals surface area contributed by atoms with Gasteiger partial charge < -0.3 is 9.73 Å². The first-order chi connectivity index (χ1) is 10.2. The Bertz CT molecular complexity index is 730. The van der Waals surface area contributed by atoms with Gasteiger partial charge >= 0.3 is 0 Å². The Morgan fingerprint density at radius 1 is 1.38 bits per heavy atom. The largest absolute Gasteiger partial charge is 0.472 e. The first kappa shape index (κ1) is 13.6. The van der Waals surface area contributed by atoms with Gasteiger partial charge in [0.2, 0.25) is 0 Å². The third-order valence-corrected chi connectivity index (χ3v) is 4.10. The van der Waals surface area contributed by atoms with E-state index >= 15 is 0 Å². The summed E-state index contributed by atoms with van der Waals surface area (Å²) in [7, 11) is 0. The summed E-state index contributed by atoms with van der Waals surface area (Å²) in [5.74, 6) is -0.0491. The van der Waals surface area contributed by atoms with E-state index in [4.69, 9.17) is 4.42 Å². The number of rotatable bonds is 4. The number of nitrogens with one attached hydrogen (secondary N) is 1. The van der Waals surface area contributed by atoms with E-state index in [-0.39, 0.29) is 5.91 Å². The van der Waals surface area contributed by atoms with E-state index in [2.05, 4.69) is 10.3 Å². The number of pyridine rings is 1. The molecular weight excluding hydrogens is 284 g/mol. The first-order valence-electron chi connectivity index (χ1n) is 6.53. The molecule has 0 bridgehead atoms. The third kappa shape index (κ3) is 3.20. The molecule has 0 fully saturated rings. The van der Waals surface area contributed by atoms with Crippen LogP contribution in [0.15, 0.2) is 52.8 Å². The fourth-order valence-corrected chi connectivity index (χ4v) is 2.74. The molecule has 1 amide bonds. The summed E-state index contributed by atoms with van der Waals surface area (Å²) in [5, 5.41) is 4.86. The van der Waals surface area contributed by atoms with E-state index in [0.717, 1.165) is 27.3 Å². The molecule has 0 atom stereocenters. The van der Waals surface area contributed by atoms with Crippen LogP contribution in [0.5, 0.6) is 0 Å². The first-order valence-corrected chi connectivity index (χ1v) is 7.41. The monoisotopic (exact) mass is 298 g/mol. The highest BCUT2D eigenvalue weighted by atomic mass is 32.1. The summed E-state index contributed by atoms with van der Waals surface area (Å²) < 4.78 is 5.03. The topological polar surface area (TPSA) is 55.1 Å². The lowest BCUT2D eigenvalue weighted by Gasteiger charge is -2.04. The molecule has 0 spiro atoms. The molecule has 0 aliphatic rings. The molecule has 3 heterocycles. The molecule has 0 aliphatic heterocycles. The second-order valence-electron chi connectivity index (χ2n) is 4.73. The minimum atomic E-state index is -0.0491. The van der Waals surface area contributed by atoms with Gasteiger partial charge in [0.15, 0.2) is 0 Å². The van der Waals surface area contributed by atoms with Crippen molar-refractivity contribution in [1.82, 2.24) is 10.3 Å². The molecule has 106 valence electrons. The van der Waals surface area contributed by atoms with Crippen molar-refractivity contribution in [2.75, 3.05) is 0 Å². The lowest BCUT2D eigenvalue weighted by Crippen LogP contribution is -2.21. The van der Waals surface area contributed by atoms with Crippen molar-refractivity contribution in [3.63, 3.8) is 0 Å². The number of thiophene rings is 1. The van der Waals surface area contributed by atoms with Gasteiger partial charge in [-0.3, -0.25) is 9.78 Å². The normalized spacial score (nSPS) is 10.5. The van der Waals surface area contributed by atoms with Crippen LogP contribution < -0.4 is 5.32 Å². The molecule has 0 saturated heterocycles. The van der Waals surface area contributed by atoms with Crippen LogP contribution in [0.4, 0.5) is 0 Å². The predicted octanol–water partition coefficient (Wildman–Crippen LogP) is 3.64. The summed E-state index contributed by atoms with van der Waals surface area (Å²) in [6, 6.07) is 7.63. The van der Waals surface area contributed by atoms with Gasteiger partial charge in [0, 0.05) is 18.3 Å². The summed E-state index contributed by atoms with van der Waals surface area (Å²) in [5.41, 5.74) is 3.87. The zero-order valence-electron chi connectivity index (χ0n) is 11.5. The summed E-state index contributed by atoms with van der Waals surface area (Å²) in [4.78, 5) is 17.1. The maximum absolute atomic E-state index is 12.0. The molecule has 1 N–H and O–H groups in total. The minimum absolute atomic E-state index is 0.0491. The van der Waals surface area contributed by atoms with E-state index in [1.165, 1.54) is 11.3 Å². The summed E-state index contributed by atoms with van der Waals surface area (Å²) in [6.07, 6.45) is 5.04. The van der Waals surface area contributed by atoms with Crippen LogP contribution in [0.2, 0.25) is 0 Å². The van der Waals surface area contributed by atoms with Crippen molar-refractivity contribution in [3.05, 3.63) is 64.4 Å². The van der Waals surface area contributed by atoms with Crippen LogP contribution in [-0.2, 0) is 6.54 Å². The van der Waals surface area contributed by atoms with Crippen LogP contribution in [-0.4, -0.2) is 10.9 Å². The molecule has 4 nitrogen and oxygen atoms in total. The second kappa shape index (κ2) is 5.93. The van der Waals surface area contributed by atoms with Gasteiger partial charge in [-0.2, -0.15) is 0 Å². The Labute approximate surface area is 126 Å². The molecule has 0 saturated carbocycles. The van der Waals surface area contributed by atoms with Crippen molar-refractivity contribution in [2.24, 2.45) is 0 Å². The van der Waals surface area contributed by atoms with Crippen molar-refractivity contribution >= 4 is 17.2 Å². The smallest absolute Gasteiger partial charge is 0.261 e. The highest BCUT2D eigenvalue weighted by Gasteiger charge is 2.07. The maximum atomic E-state index is 12.0. The Kier molecular flexibility index (Phi) is 3.83. The number of carbonyl (C=O) groups is 1. The Morgan fingerprint density at radius 3 is 2.90 bits per heavy atom. The zero-order valence-corrected chi connectivity index (χ0v) is 12.3. The third-order valence-electron chi connectivity index (χ3n) is 3.05. The van der Waals surface area contributed by atoms with Crippen LogP contribution in [0.3, 0.4) is 0 Å². The molecule has 3 aromatic heterocycles. The fourth-order valence-electron chi connectivity index (χ4n) is 1.93. The maximum Gasteiger partial charge on any atom is 0.261 e. The lowest BCUT2D eigenvalue weighted by atomic mass is 10.2. The van der Waals surface area contributed by atoms with E-state index in [1.54, 1.807) is 18.7 Å². The van der Waals surface area contributed by atoms with E-state index < -0.39 is 0 Å². The SMILES string of the molecule is Cc1csc(C(=O)NCc2ccc(-c3ccoc3)nc2)c1. The predicted molar refractivity (Wildman–Crippen MR) is 82.2 cm³/mol. The average Bonchev–Trinajstić information content (AvgIpc) is 3.16. The van der Waals surface area contributed by atoms with Gasteiger partial charge in [-0.05, 0) is 41.6 Å². The number of carbonyl (C=O) groups excluding carboxylic acids is 1. The molecule has 5 heteroatoms. The van der Waals surface area contributed by atoms with Crippen molar-refractivity contribution in [1.29, 1.82) is 0 Å². The highest BCUT2D eigenvalue weighted by Crippen LogP contribution is 2.17. The van der Waals surface area contributed by atoms with Gasteiger partial charge in [-0.1, -0.05) is 6.07 Å². The van der Waals surface area contributed by atoms with E-state index in [0.29, 0.717) is 6.54 Å². The molecule has 3 aromatic rings.